The van der Waals surface area contributed by atoms with E-state index in [2.05, 4.69) is 65.8 Å². The van der Waals surface area contributed by atoms with Crippen molar-refractivity contribution in [2.45, 2.75) is 56.5 Å². The molecular weight excluding hydrogens is 358 g/mol. The van der Waals surface area contributed by atoms with Crippen LogP contribution in [0, 0.1) is 0 Å². The predicted molar refractivity (Wildman–Crippen MR) is 121 cm³/mol. The number of hydrogen-bond acceptors (Lipinski definition) is 4. The predicted octanol–water partition coefficient (Wildman–Crippen LogP) is 5.27. The van der Waals surface area contributed by atoms with Crippen molar-refractivity contribution < 1.29 is 4.74 Å². The summed E-state index contributed by atoms with van der Waals surface area (Å²) < 4.78 is 5.35. The number of nitrogens with one attached hydrogen (secondary N) is 1. The van der Waals surface area contributed by atoms with Crippen LogP contribution in [0.1, 0.15) is 44.6 Å². The molecule has 1 aromatic heterocycles. The molecule has 1 aliphatic carbocycles. The monoisotopic (exact) mass is 389 g/mol. The van der Waals surface area contributed by atoms with Crippen LogP contribution in [0.3, 0.4) is 0 Å². The van der Waals surface area contributed by atoms with Crippen molar-refractivity contribution in [2.75, 3.05) is 12.4 Å². The van der Waals surface area contributed by atoms with Gasteiger partial charge in [-0.05, 0) is 73.4 Å². The van der Waals surface area contributed by atoms with Crippen LogP contribution in [0.15, 0.2) is 60.9 Å². The number of aromatic nitrogens is 1. The van der Waals surface area contributed by atoms with Gasteiger partial charge in [0.1, 0.15) is 5.75 Å². The number of fused-ring (bicyclic) bond motifs is 1. The highest BCUT2D eigenvalue weighted by Crippen LogP contribution is 2.43. The average Bonchev–Trinajstić information content (AvgIpc) is 2.79. The van der Waals surface area contributed by atoms with E-state index in [4.69, 9.17) is 10.5 Å². The molecule has 29 heavy (non-hydrogen) atoms. The maximum absolute atomic E-state index is 6.69. The standard InChI is InChI=1S/C25H31N3O/c1-3-24(26)25(20-5-8-23(29-2)9-6-20)13-10-21(11-14-25)28-22-7-4-19-17-27-15-12-18(19)16-22/h4-9,12,15-17,21,24,28H,3,10-11,13-14,26H2,1-2H3. The number of nitrogens with two attached hydrogens (primary N) is 1. The molecule has 1 unspecified atom stereocenters. The minimum absolute atomic E-state index is 0.0499. The van der Waals surface area contributed by atoms with E-state index in [1.165, 1.54) is 22.0 Å². The van der Waals surface area contributed by atoms with Crippen LogP contribution in [0.2, 0.25) is 0 Å². The molecule has 4 nitrogen and oxygen atoms in total. The molecule has 2 aromatic carbocycles. The minimum atomic E-state index is 0.0499. The first-order chi connectivity index (χ1) is 14.1. The molecule has 0 bridgehead atoms. The maximum atomic E-state index is 6.69. The molecule has 1 aliphatic rings. The third-order valence-electron chi connectivity index (χ3n) is 6.70. The Morgan fingerprint density at radius 3 is 2.55 bits per heavy atom. The van der Waals surface area contributed by atoms with Crippen LogP contribution in [-0.2, 0) is 5.41 Å². The summed E-state index contributed by atoms with van der Waals surface area (Å²) in [4.78, 5) is 4.20. The molecule has 0 radical (unpaired) electrons. The van der Waals surface area contributed by atoms with E-state index in [0.29, 0.717) is 6.04 Å². The Morgan fingerprint density at radius 1 is 1.10 bits per heavy atom. The summed E-state index contributed by atoms with van der Waals surface area (Å²) in [6, 6.07) is 17.8. The molecule has 4 heteroatoms. The summed E-state index contributed by atoms with van der Waals surface area (Å²) >= 11 is 0. The van der Waals surface area contributed by atoms with Crippen LogP contribution in [0.25, 0.3) is 10.8 Å². The van der Waals surface area contributed by atoms with Gasteiger partial charge in [-0.3, -0.25) is 4.98 Å². The highest BCUT2D eigenvalue weighted by Gasteiger charge is 2.41. The number of anilines is 1. The van der Waals surface area contributed by atoms with Crippen molar-refractivity contribution in [3.63, 3.8) is 0 Å². The van der Waals surface area contributed by atoms with E-state index in [-0.39, 0.29) is 11.5 Å². The smallest absolute Gasteiger partial charge is 0.118 e. The second-order valence-electron chi connectivity index (χ2n) is 8.26. The molecule has 1 atom stereocenters. The quantitative estimate of drug-likeness (QED) is 0.603. The lowest BCUT2D eigenvalue weighted by atomic mass is 9.63. The zero-order valence-corrected chi connectivity index (χ0v) is 17.4. The van der Waals surface area contributed by atoms with Gasteiger partial charge in [0.2, 0.25) is 0 Å². The molecule has 0 spiro atoms. The van der Waals surface area contributed by atoms with Gasteiger partial charge < -0.3 is 15.8 Å². The van der Waals surface area contributed by atoms with Crippen molar-refractivity contribution in [1.82, 2.24) is 4.98 Å². The SMILES string of the molecule is CCC(N)C1(c2ccc(OC)cc2)CCC(Nc2ccc3cnccc3c2)CC1. The molecular formula is C25H31N3O. The summed E-state index contributed by atoms with van der Waals surface area (Å²) in [7, 11) is 1.71. The summed E-state index contributed by atoms with van der Waals surface area (Å²) in [5.41, 5.74) is 9.27. The van der Waals surface area contributed by atoms with E-state index < -0.39 is 0 Å². The lowest BCUT2D eigenvalue weighted by Crippen LogP contribution is -2.49. The van der Waals surface area contributed by atoms with Crippen molar-refractivity contribution in [1.29, 1.82) is 0 Å². The Hall–Kier alpha value is -2.59. The van der Waals surface area contributed by atoms with E-state index >= 15 is 0 Å². The average molecular weight is 390 g/mol. The van der Waals surface area contributed by atoms with E-state index in [1.54, 1.807) is 7.11 Å². The van der Waals surface area contributed by atoms with Gasteiger partial charge in [-0.1, -0.05) is 25.1 Å². The van der Waals surface area contributed by atoms with E-state index in [0.717, 1.165) is 37.9 Å². The van der Waals surface area contributed by atoms with Crippen molar-refractivity contribution in [3.8, 4) is 5.75 Å². The van der Waals surface area contributed by atoms with E-state index in [9.17, 15) is 0 Å². The Kier molecular flexibility index (Phi) is 5.72. The van der Waals surface area contributed by atoms with Gasteiger partial charge in [0.15, 0.2) is 0 Å². The molecule has 4 rings (SSSR count). The second kappa shape index (κ2) is 8.42. The van der Waals surface area contributed by atoms with Gasteiger partial charge in [0.05, 0.1) is 7.11 Å². The zero-order chi connectivity index (χ0) is 20.3. The van der Waals surface area contributed by atoms with Crippen LogP contribution in [0.4, 0.5) is 5.69 Å². The Balaban J connectivity index is 1.49. The highest BCUT2D eigenvalue weighted by atomic mass is 16.5. The number of pyridine rings is 1. The van der Waals surface area contributed by atoms with Gasteiger partial charge in [0, 0.05) is 41.0 Å². The fourth-order valence-electron chi connectivity index (χ4n) is 4.87. The van der Waals surface area contributed by atoms with Gasteiger partial charge in [-0.2, -0.15) is 0 Å². The van der Waals surface area contributed by atoms with Gasteiger partial charge in [0.25, 0.3) is 0 Å². The maximum Gasteiger partial charge on any atom is 0.118 e. The van der Waals surface area contributed by atoms with Gasteiger partial charge in [-0.15, -0.1) is 0 Å². The van der Waals surface area contributed by atoms with Crippen LogP contribution in [-0.4, -0.2) is 24.2 Å². The Bertz CT molecular complexity index is 946. The number of benzene rings is 2. The fourth-order valence-corrected chi connectivity index (χ4v) is 4.87. The molecule has 3 N–H and O–H groups in total. The van der Waals surface area contributed by atoms with Crippen LogP contribution < -0.4 is 15.8 Å². The zero-order valence-electron chi connectivity index (χ0n) is 17.4. The molecule has 0 aliphatic heterocycles. The lowest BCUT2D eigenvalue weighted by Gasteiger charge is -2.45. The summed E-state index contributed by atoms with van der Waals surface area (Å²) in [6.45, 7) is 2.20. The minimum Gasteiger partial charge on any atom is -0.497 e. The van der Waals surface area contributed by atoms with E-state index in [1.807, 2.05) is 12.4 Å². The number of methoxy groups -OCH3 is 1. The Labute approximate surface area is 173 Å². The van der Waals surface area contributed by atoms with Crippen molar-refractivity contribution in [3.05, 3.63) is 66.5 Å². The van der Waals surface area contributed by atoms with Gasteiger partial charge >= 0.3 is 0 Å². The molecule has 1 heterocycles. The Morgan fingerprint density at radius 2 is 1.86 bits per heavy atom. The number of rotatable bonds is 6. The molecule has 1 fully saturated rings. The lowest BCUT2D eigenvalue weighted by molar-refractivity contribution is 0.228. The van der Waals surface area contributed by atoms with Crippen molar-refractivity contribution >= 4 is 16.5 Å². The largest absolute Gasteiger partial charge is 0.497 e. The molecule has 1 saturated carbocycles. The number of hydrogen-bond donors (Lipinski definition) is 2. The number of ether oxygens (including phenoxy) is 1. The summed E-state index contributed by atoms with van der Waals surface area (Å²) in [5, 5.41) is 6.15. The van der Waals surface area contributed by atoms with Gasteiger partial charge in [-0.25, -0.2) is 0 Å². The first-order valence-corrected chi connectivity index (χ1v) is 10.6. The number of nitrogens with zero attached hydrogens (tertiary/aromatic N) is 1. The second-order valence-corrected chi connectivity index (χ2v) is 8.26. The molecule has 0 saturated heterocycles. The molecule has 0 amide bonds. The summed E-state index contributed by atoms with van der Waals surface area (Å²) in [6.07, 6.45) is 9.19. The molecule has 152 valence electrons. The fraction of sp³-hybridized carbons (Fsp3) is 0.400. The topological polar surface area (TPSA) is 60.2 Å². The van der Waals surface area contributed by atoms with Crippen molar-refractivity contribution in [2.24, 2.45) is 5.73 Å². The third-order valence-corrected chi connectivity index (χ3v) is 6.70. The normalized spacial score (nSPS) is 22.9. The molecule has 3 aromatic rings. The van der Waals surface area contributed by atoms with Crippen LogP contribution >= 0.6 is 0 Å². The highest BCUT2D eigenvalue weighted by molar-refractivity contribution is 5.84. The third kappa shape index (κ3) is 3.95. The first kappa shape index (κ1) is 19.7. The van der Waals surface area contributed by atoms with Crippen LogP contribution in [0.5, 0.6) is 5.75 Å². The first-order valence-electron chi connectivity index (χ1n) is 10.6. The summed E-state index contributed by atoms with van der Waals surface area (Å²) in [5.74, 6) is 0.899.